The van der Waals surface area contributed by atoms with Gasteiger partial charge in [-0.3, -0.25) is 0 Å². The number of aliphatic hydroxyl groups is 1. The highest BCUT2D eigenvalue weighted by atomic mass is 35.5. The molecule has 0 radical (unpaired) electrons. The Morgan fingerprint density at radius 3 is 2.72 bits per heavy atom. The standard InChI is InChI=1S/C11H10Cl2N2O3/c1-6-10(15-18-14-6)5-17-11-7(4-16)2-8(12)3-9(11)13/h2-3,16H,4-5H2,1H3. The molecule has 0 unspecified atom stereocenters. The minimum absolute atomic E-state index is 0.156. The zero-order valence-corrected chi connectivity index (χ0v) is 11.0. The van der Waals surface area contributed by atoms with Crippen molar-refractivity contribution in [3.05, 3.63) is 39.1 Å². The number of rotatable bonds is 4. The highest BCUT2D eigenvalue weighted by molar-refractivity contribution is 6.35. The Kier molecular flexibility index (Phi) is 4.06. The summed E-state index contributed by atoms with van der Waals surface area (Å²) >= 11 is 11.9. The van der Waals surface area contributed by atoms with Gasteiger partial charge in [-0.05, 0) is 19.1 Å². The zero-order chi connectivity index (χ0) is 13.1. The van der Waals surface area contributed by atoms with Gasteiger partial charge >= 0.3 is 0 Å². The van der Waals surface area contributed by atoms with Crippen molar-refractivity contribution < 1.29 is 14.5 Å². The van der Waals surface area contributed by atoms with E-state index in [9.17, 15) is 5.11 Å². The second-order valence-electron chi connectivity index (χ2n) is 3.62. The number of hydrogen-bond donors (Lipinski definition) is 1. The summed E-state index contributed by atoms with van der Waals surface area (Å²) in [5, 5.41) is 17.3. The molecule has 0 amide bonds. The van der Waals surface area contributed by atoms with Crippen LogP contribution in [0.4, 0.5) is 0 Å². The summed E-state index contributed by atoms with van der Waals surface area (Å²) in [7, 11) is 0. The van der Waals surface area contributed by atoms with E-state index in [-0.39, 0.29) is 13.2 Å². The zero-order valence-electron chi connectivity index (χ0n) is 9.48. The van der Waals surface area contributed by atoms with Crippen molar-refractivity contribution >= 4 is 23.2 Å². The van der Waals surface area contributed by atoms with Gasteiger partial charge in [0.2, 0.25) is 0 Å². The van der Waals surface area contributed by atoms with Gasteiger partial charge in [0.1, 0.15) is 23.7 Å². The Morgan fingerprint density at radius 2 is 2.11 bits per heavy atom. The number of nitrogens with zero attached hydrogens (tertiary/aromatic N) is 2. The maximum atomic E-state index is 9.24. The molecule has 1 aromatic carbocycles. The molecule has 0 spiro atoms. The van der Waals surface area contributed by atoms with Crippen LogP contribution in [0.5, 0.6) is 5.75 Å². The Labute approximate surface area is 113 Å². The van der Waals surface area contributed by atoms with Gasteiger partial charge < -0.3 is 9.84 Å². The van der Waals surface area contributed by atoms with E-state index in [0.717, 1.165) is 0 Å². The highest BCUT2D eigenvalue weighted by Gasteiger charge is 2.12. The predicted octanol–water partition coefficient (Wildman–Crippen LogP) is 2.76. The molecule has 0 bridgehead atoms. The molecule has 0 fully saturated rings. The number of aromatic nitrogens is 2. The predicted molar refractivity (Wildman–Crippen MR) is 65.8 cm³/mol. The molecule has 0 saturated carbocycles. The van der Waals surface area contributed by atoms with Crippen molar-refractivity contribution in [1.29, 1.82) is 0 Å². The van der Waals surface area contributed by atoms with E-state index in [2.05, 4.69) is 14.9 Å². The number of aliphatic hydroxyl groups excluding tert-OH is 1. The third-order valence-corrected chi connectivity index (χ3v) is 2.85. The maximum absolute atomic E-state index is 9.24. The topological polar surface area (TPSA) is 68.4 Å². The molecule has 1 N–H and O–H groups in total. The van der Waals surface area contributed by atoms with Crippen molar-refractivity contribution in [2.75, 3.05) is 0 Å². The number of halogens is 2. The summed E-state index contributed by atoms with van der Waals surface area (Å²) in [6.45, 7) is 1.70. The molecule has 2 aromatic rings. The van der Waals surface area contributed by atoms with Crippen LogP contribution in [0.15, 0.2) is 16.8 Å². The molecule has 0 aliphatic carbocycles. The van der Waals surface area contributed by atoms with Crippen molar-refractivity contribution in [3.63, 3.8) is 0 Å². The smallest absolute Gasteiger partial charge is 0.145 e. The summed E-state index contributed by atoms with van der Waals surface area (Å²) in [4.78, 5) is 0. The molecule has 18 heavy (non-hydrogen) atoms. The average Bonchev–Trinajstić information content (AvgIpc) is 2.73. The second kappa shape index (κ2) is 5.56. The first-order valence-electron chi connectivity index (χ1n) is 5.11. The summed E-state index contributed by atoms with van der Waals surface area (Å²) in [6, 6.07) is 3.14. The van der Waals surface area contributed by atoms with Crippen molar-refractivity contribution in [2.24, 2.45) is 0 Å². The van der Waals surface area contributed by atoms with E-state index >= 15 is 0 Å². The highest BCUT2D eigenvalue weighted by Crippen LogP contribution is 2.33. The van der Waals surface area contributed by atoms with Crippen LogP contribution < -0.4 is 4.74 Å². The SMILES string of the molecule is Cc1nonc1COc1c(Cl)cc(Cl)cc1CO. The Hall–Kier alpha value is -1.30. The summed E-state index contributed by atoms with van der Waals surface area (Å²) in [5.74, 6) is 0.381. The number of aryl methyl sites for hydroxylation is 1. The van der Waals surface area contributed by atoms with Crippen molar-refractivity contribution in [3.8, 4) is 5.75 Å². The van der Waals surface area contributed by atoms with Crippen molar-refractivity contribution in [2.45, 2.75) is 20.1 Å². The van der Waals surface area contributed by atoms with Crippen LogP contribution in [0.25, 0.3) is 0 Å². The van der Waals surface area contributed by atoms with E-state index in [1.165, 1.54) is 0 Å². The molecule has 0 saturated heterocycles. The number of ether oxygens (including phenoxy) is 1. The van der Waals surface area contributed by atoms with Crippen molar-refractivity contribution in [1.82, 2.24) is 10.3 Å². The lowest BCUT2D eigenvalue weighted by atomic mass is 10.2. The summed E-state index contributed by atoms with van der Waals surface area (Å²) < 4.78 is 10.1. The first-order chi connectivity index (χ1) is 8.61. The quantitative estimate of drug-likeness (QED) is 0.937. The number of benzene rings is 1. The Morgan fingerprint density at radius 1 is 1.33 bits per heavy atom. The fraction of sp³-hybridized carbons (Fsp3) is 0.273. The first kappa shape index (κ1) is 13.1. The van der Waals surface area contributed by atoms with Gasteiger partial charge in [-0.15, -0.1) is 0 Å². The summed E-state index contributed by atoms with van der Waals surface area (Å²) in [6.07, 6.45) is 0. The van der Waals surface area contributed by atoms with Gasteiger partial charge in [-0.1, -0.05) is 33.5 Å². The molecule has 5 nitrogen and oxygen atoms in total. The molecule has 0 atom stereocenters. The molecule has 96 valence electrons. The molecular formula is C11H10Cl2N2O3. The lowest BCUT2D eigenvalue weighted by Crippen LogP contribution is -2.01. The van der Waals surface area contributed by atoms with E-state index < -0.39 is 0 Å². The monoisotopic (exact) mass is 288 g/mol. The molecule has 1 aromatic heterocycles. The van der Waals surface area contributed by atoms with E-state index in [1.54, 1.807) is 19.1 Å². The normalized spacial score (nSPS) is 10.7. The Bertz CT molecular complexity index is 557. The van der Waals surface area contributed by atoms with Crippen LogP contribution in [-0.2, 0) is 13.2 Å². The van der Waals surface area contributed by atoms with E-state index in [4.69, 9.17) is 27.9 Å². The van der Waals surface area contributed by atoms with Crippen LogP contribution in [0, 0.1) is 6.92 Å². The van der Waals surface area contributed by atoms with Gasteiger partial charge in [-0.2, -0.15) is 0 Å². The lowest BCUT2D eigenvalue weighted by molar-refractivity contribution is 0.250. The van der Waals surface area contributed by atoms with E-state index in [1.807, 2.05) is 0 Å². The van der Waals surface area contributed by atoms with Crippen LogP contribution in [-0.4, -0.2) is 15.4 Å². The molecule has 0 aliphatic heterocycles. The minimum Gasteiger partial charge on any atom is -0.485 e. The largest absolute Gasteiger partial charge is 0.485 e. The minimum atomic E-state index is -0.217. The van der Waals surface area contributed by atoms with Crippen LogP contribution >= 0.6 is 23.2 Å². The molecule has 1 heterocycles. The maximum Gasteiger partial charge on any atom is 0.145 e. The van der Waals surface area contributed by atoms with Crippen LogP contribution in [0.1, 0.15) is 17.0 Å². The van der Waals surface area contributed by atoms with Gasteiger partial charge in [0.25, 0.3) is 0 Å². The molecule has 2 rings (SSSR count). The first-order valence-corrected chi connectivity index (χ1v) is 5.87. The summed E-state index contributed by atoms with van der Waals surface area (Å²) in [5.41, 5.74) is 1.73. The fourth-order valence-electron chi connectivity index (χ4n) is 1.41. The molecule has 0 aliphatic rings. The van der Waals surface area contributed by atoms with Crippen LogP contribution in [0.3, 0.4) is 0 Å². The molecular weight excluding hydrogens is 279 g/mol. The van der Waals surface area contributed by atoms with Gasteiger partial charge in [0, 0.05) is 10.6 Å². The van der Waals surface area contributed by atoms with E-state index in [0.29, 0.717) is 32.7 Å². The van der Waals surface area contributed by atoms with Gasteiger partial charge in [0.05, 0.1) is 11.6 Å². The fourth-order valence-corrected chi connectivity index (χ4v) is 2.00. The average molecular weight is 289 g/mol. The molecule has 7 heteroatoms. The van der Waals surface area contributed by atoms with Crippen LogP contribution in [0.2, 0.25) is 10.0 Å². The lowest BCUT2D eigenvalue weighted by Gasteiger charge is -2.11. The Balaban J connectivity index is 2.21. The number of hydrogen-bond acceptors (Lipinski definition) is 5. The second-order valence-corrected chi connectivity index (χ2v) is 4.46. The third kappa shape index (κ3) is 2.75. The van der Waals surface area contributed by atoms with Gasteiger partial charge in [0.15, 0.2) is 0 Å². The third-order valence-electron chi connectivity index (χ3n) is 2.36. The van der Waals surface area contributed by atoms with Gasteiger partial charge in [-0.25, -0.2) is 4.63 Å².